The number of aromatic nitrogens is 3. The molecule has 0 aliphatic heterocycles. The number of halogens is 1. The molecule has 6 heteroatoms. The molecule has 1 amide bonds. The molecule has 5 rings (SSSR count). The molecule has 0 saturated heterocycles. The Morgan fingerprint density at radius 3 is 2.53 bits per heavy atom. The largest absolute Gasteiger partial charge is 0.332 e. The molecular weight excluding hydrogens is 427 g/mol. The molecule has 0 spiro atoms. The normalized spacial score (nSPS) is 13.3. The fraction of sp³-hybridized carbons (Fsp3) is 0.179. The topological polar surface area (TPSA) is 51.0 Å². The predicted molar refractivity (Wildman–Crippen MR) is 130 cm³/mol. The van der Waals surface area contributed by atoms with Gasteiger partial charge in [-0.3, -0.25) is 14.5 Å². The molecule has 2 aromatic heterocycles. The van der Waals surface area contributed by atoms with Crippen molar-refractivity contribution in [2.45, 2.75) is 32.0 Å². The Morgan fingerprint density at radius 2 is 1.82 bits per heavy atom. The molecule has 1 saturated carbocycles. The van der Waals surface area contributed by atoms with Crippen LogP contribution in [-0.2, 0) is 17.9 Å². The number of carbonyl (C=O) groups is 1. The summed E-state index contributed by atoms with van der Waals surface area (Å²) in [5, 5.41) is 4.79. The first-order chi connectivity index (χ1) is 16.7. The number of hydrogen-bond acceptors (Lipinski definition) is 3. The lowest BCUT2D eigenvalue weighted by Crippen LogP contribution is -2.31. The Kier molecular flexibility index (Phi) is 6.29. The van der Waals surface area contributed by atoms with Gasteiger partial charge in [-0.2, -0.15) is 5.10 Å². The fourth-order valence-electron chi connectivity index (χ4n) is 3.95. The van der Waals surface area contributed by atoms with E-state index in [2.05, 4.69) is 17.1 Å². The zero-order chi connectivity index (χ0) is 23.3. The van der Waals surface area contributed by atoms with Crippen LogP contribution < -0.4 is 0 Å². The minimum atomic E-state index is -0.275. The minimum absolute atomic E-state index is 0.0558. The van der Waals surface area contributed by atoms with Gasteiger partial charge < -0.3 is 4.90 Å². The summed E-state index contributed by atoms with van der Waals surface area (Å²) in [7, 11) is 0. The second-order valence-corrected chi connectivity index (χ2v) is 8.52. The quantitative estimate of drug-likeness (QED) is 0.339. The minimum Gasteiger partial charge on any atom is -0.332 e. The molecule has 34 heavy (non-hydrogen) atoms. The zero-order valence-electron chi connectivity index (χ0n) is 18.7. The van der Waals surface area contributed by atoms with E-state index in [-0.39, 0.29) is 17.8 Å². The zero-order valence-corrected chi connectivity index (χ0v) is 18.7. The molecule has 0 unspecified atom stereocenters. The Morgan fingerprint density at radius 1 is 1.03 bits per heavy atom. The summed E-state index contributed by atoms with van der Waals surface area (Å²) in [6.45, 7) is 1.10. The van der Waals surface area contributed by atoms with Gasteiger partial charge in [0.15, 0.2) is 0 Å². The highest BCUT2D eigenvalue weighted by Gasteiger charge is 2.31. The first kappa shape index (κ1) is 21.8. The maximum Gasteiger partial charge on any atom is 0.247 e. The van der Waals surface area contributed by atoms with Crippen molar-refractivity contribution in [1.82, 2.24) is 19.7 Å². The van der Waals surface area contributed by atoms with Crippen molar-refractivity contribution in [1.29, 1.82) is 0 Å². The van der Waals surface area contributed by atoms with E-state index >= 15 is 0 Å². The Bertz CT molecular complexity index is 1280. The monoisotopic (exact) mass is 452 g/mol. The lowest BCUT2D eigenvalue weighted by Gasteiger charge is -2.21. The molecule has 1 aliphatic rings. The lowest BCUT2D eigenvalue weighted by atomic mass is 10.1. The maximum absolute atomic E-state index is 13.3. The highest BCUT2D eigenvalue weighted by molar-refractivity contribution is 5.93. The van der Waals surface area contributed by atoms with Crippen molar-refractivity contribution < 1.29 is 9.18 Å². The average Bonchev–Trinajstić information content (AvgIpc) is 3.63. The predicted octanol–water partition coefficient (Wildman–Crippen LogP) is 5.34. The number of carbonyl (C=O) groups excluding carboxylic acids is 1. The molecule has 1 fully saturated rings. The van der Waals surface area contributed by atoms with Gasteiger partial charge >= 0.3 is 0 Å². The van der Waals surface area contributed by atoms with Gasteiger partial charge in [0, 0.05) is 48.4 Å². The average molecular weight is 453 g/mol. The highest BCUT2D eigenvalue weighted by Crippen LogP contribution is 2.29. The Balaban J connectivity index is 1.39. The molecule has 0 atom stereocenters. The first-order valence-electron chi connectivity index (χ1n) is 11.4. The summed E-state index contributed by atoms with van der Waals surface area (Å²) in [5.74, 6) is -0.330. The van der Waals surface area contributed by atoms with Crippen molar-refractivity contribution in [2.75, 3.05) is 0 Å². The number of hydrogen-bond donors (Lipinski definition) is 0. The van der Waals surface area contributed by atoms with Crippen LogP contribution in [0.1, 0.15) is 29.5 Å². The molecule has 0 N–H and O–H groups in total. The van der Waals surface area contributed by atoms with Crippen LogP contribution >= 0.6 is 0 Å². The van der Waals surface area contributed by atoms with Crippen molar-refractivity contribution in [2.24, 2.45) is 0 Å². The second-order valence-electron chi connectivity index (χ2n) is 8.52. The fourth-order valence-corrected chi connectivity index (χ4v) is 3.95. The number of benzene rings is 2. The third kappa shape index (κ3) is 5.29. The van der Waals surface area contributed by atoms with Crippen LogP contribution in [0, 0.1) is 5.82 Å². The SMILES string of the molecule is O=C(/C=C/c1cn(Cc2ccccc2)nc1-c1cccnc1)N(Cc1ccc(F)cc1)C1CC1. The van der Waals surface area contributed by atoms with Gasteiger partial charge in [0.25, 0.3) is 0 Å². The van der Waals surface area contributed by atoms with Gasteiger partial charge in [-0.25, -0.2) is 4.39 Å². The summed E-state index contributed by atoms with van der Waals surface area (Å²) >= 11 is 0. The number of nitrogens with zero attached hydrogens (tertiary/aromatic N) is 4. The van der Waals surface area contributed by atoms with E-state index in [0.29, 0.717) is 13.1 Å². The maximum atomic E-state index is 13.3. The van der Waals surface area contributed by atoms with Crippen LogP contribution in [0.25, 0.3) is 17.3 Å². The molecule has 170 valence electrons. The van der Waals surface area contributed by atoms with Crippen LogP contribution in [0.15, 0.2) is 91.4 Å². The molecule has 1 aliphatic carbocycles. The summed E-state index contributed by atoms with van der Waals surface area (Å²) < 4.78 is 15.2. The Labute approximate surface area is 198 Å². The van der Waals surface area contributed by atoms with E-state index in [0.717, 1.165) is 40.8 Å². The van der Waals surface area contributed by atoms with Gasteiger partial charge in [-0.1, -0.05) is 42.5 Å². The van der Waals surface area contributed by atoms with Crippen molar-refractivity contribution >= 4 is 12.0 Å². The molecule has 2 aromatic carbocycles. The molecule has 2 heterocycles. The van der Waals surface area contributed by atoms with Gasteiger partial charge in [0.05, 0.1) is 6.54 Å². The second kappa shape index (κ2) is 9.83. The summed E-state index contributed by atoms with van der Waals surface area (Å²) in [4.78, 5) is 19.2. The van der Waals surface area contributed by atoms with E-state index in [9.17, 15) is 9.18 Å². The molecule has 0 bridgehead atoms. The van der Waals surface area contributed by atoms with Crippen LogP contribution in [0.4, 0.5) is 4.39 Å². The highest BCUT2D eigenvalue weighted by atomic mass is 19.1. The van der Waals surface area contributed by atoms with Crippen molar-refractivity contribution in [3.63, 3.8) is 0 Å². The number of pyridine rings is 1. The standard InChI is InChI=1S/C28H25FN4O/c29-25-11-8-22(9-12-25)19-33(26-13-14-26)27(34)15-10-24-20-32(18-21-5-2-1-3-6-21)31-28(24)23-7-4-16-30-17-23/h1-12,15-17,20,26H,13-14,18-19H2/b15-10+. The van der Waals surface area contributed by atoms with Gasteiger partial charge in [0.1, 0.15) is 11.5 Å². The molecule has 4 aromatic rings. The first-order valence-corrected chi connectivity index (χ1v) is 11.4. The smallest absolute Gasteiger partial charge is 0.247 e. The molecular formula is C28H25FN4O. The van der Waals surface area contributed by atoms with Crippen LogP contribution in [-0.4, -0.2) is 31.6 Å². The lowest BCUT2D eigenvalue weighted by molar-refractivity contribution is -0.127. The molecule has 0 radical (unpaired) electrons. The van der Waals surface area contributed by atoms with E-state index < -0.39 is 0 Å². The third-order valence-electron chi connectivity index (χ3n) is 5.85. The number of amides is 1. The third-order valence-corrected chi connectivity index (χ3v) is 5.85. The molecule has 5 nitrogen and oxygen atoms in total. The van der Waals surface area contributed by atoms with E-state index in [1.807, 2.05) is 52.2 Å². The number of rotatable bonds is 8. The van der Waals surface area contributed by atoms with E-state index in [4.69, 9.17) is 5.10 Å². The van der Waals surface area contributed by atoms with Gasteiger partial charge in [-0.15, -0.1) is 0 Å². The van der Waals surface area contributed by atoms with E-state index in [1.54, 1.807) is 30.6 Å². The summed E-state index contributed by atoms with van der Waals surface area (Å²) in [6.07, 6.45) is 10.9. The van der Waals surface area contributed by atoms with Crippen LogP contribution in [0.5, 0.6) is 0 Å². The van der Waals surface area contributed by atoms with Crippen LogP contribution in [0.3, 0.4) is 0 Å². The van der Waals surface area contributed by atoms with Crippen LogP contribution in [0.2, 0.25) is 0 Å². The Hall–Kier alpha value is -4.06. The van der Waals surface area contributed by atoms with Crippen molar-refractivity contribution in [3.8, 4) is 11.3 Å². The summed E-state index contributed by atoms with van der Waals surface area (Å²) in [6, 6.07) is 20.5. The van der Waals surface area contributed by atoms with Gasteiger partial charge in [-0.05, 0) is 54.3 Å². The van der Waals surface area contributed by atoms with E-state index in [1.165, 1.54) is 12.1 Å². The van der Waals surface area contributed by atoms with Gasteiger partial charge in [0.2, 0.25) is 5.91 Å². The summed E-state index contributed by atoms with van der Waals surface area (Å²) in [5.41, 5.74) is 4.60. The van der Waals surface area contributed by atoms with Crippen molar-refractivity contribution in [3.05, 3.63) is 114 Å².